The van der Waals surface area contributed by atoms with E-state index in [1.54, 1.807) is 12.1 Å². The Kier molecular flexibility index (Phi) is 3.43. The molecule has 0 bridgehead atoms. The number of ketones is 1. The Morgan fingerprint density at radius 1 is 1.54 bits per heavy atom. The van der Waals surface area contributed by atoms with Gasteiger partial charge in [-0.25, -0.2) is 4.39 Å². The van der Waals surface area contributed by atoms with Gasteiger partial charge in [0.15, 0.2) is 0 Å². The van der Waals surface area contributed by atoms with E-state index in [4.69, 9.17) is 11.6 Å². The van der Waals surface area contributed by atoms with Gasteiger partial charge in [-0.05, 0) is 25.5 Å². The number of benzene rings is 1. The molecule has 1 nitrogen and oxygen atoms in total. The van der Waals surface area contributed by atoms with Gasteiger partial charge in [0.05, 0.1) is 0 Å². The lowest BCUT2D eigenvalue weighted by atomic mass is 10.1. The normalized spacial score (nSPS) is 10.1. The quantitative estimate of drug-likeness (QED) is 0.733. The van der Waals surface area contributed by atoms with Crippen LogP contribution in [0.15, 0.2) is 18.2 Å². The highest BCUT2D eigenvalue weighted by Gasteiger charge is 2.06. The number of Topliss-reactive ketones (excluding diaryl/α,β-unsaturated/α-hetero) is 1. The first-order chi connectivity index (χ1) is 6.11. The minimum Gasteiger partial charge on any atom is -0.300 e. The van der Waals surface area contributed by atoms with Crippen molar-refractivity contribution in [3.8, 4) is 0 Å². The molecule has 0 amide bonds. The van der Waals surface area contributed by atoms with Crippen molar-refractivity contribution in [3.05, 3.63) is 34.6 Å². The fourth-order valence-electron chi connectivity index (χ4n) is 1.07. The Hall–Kier alpha value is -0.890. The molecule has 0 atom stereocenters. The van der Waals surface area contributed by atoms with E-state index in [-0.39, 0.29) is 11.6 Å². The van der Waals surface area contributed by atoms with Gasteiger partial charge in [0.25, 0.3) is 0 Å². The first kappa shape index (κ1) is 10.2. The van der Waals surface area contributed by atoms with Crippen LogP contribution in [0, 0.1) is 5.82 Å². The highest BCUT2D eigenvalue weighted by molar-refractivity contribution is 6.31. The molecule has 0 fully saturated rings. The average Bonchev–Trinajstić information content (AvgIpc) is 2.03. The predicted octanol–water partition coefficient (Wildman–Crippen LogP) is 3.00. The summed E-state index contributed by atoms with van der Waals surface area (Å²) in [4.78, 5) is 10.7. The van der Waals surface area contributed by atoms with Crippen LogP contribution in [0.5, 0.6) is 0 Å². The van der Waals surface area contributed by atoms with Crippen LogP contribution in [-0.2, 0) is 11.2 Å². The van der Waals surface area contributed by atoms with Crippen molar-refractivity contribution in [2.24, 2.45) is 0 Å². The van der Waals surface area contributed by atoms with Crippen LogP contribution >= 0.6 is 11.6 Å². The molecule has 3 heteroatoms. The van der Waals surface area contributed by atoms with Gasteiger partial charge in [-0.1, -0.05) is 17.7 Å². The van der Waals surface area contributed by atoms with Crippen molar-refractivity contribution in [1.82, 2.24) is 0 Å². The highest BCUT2D eigenvalue weighted by Crippen LogP contribution is 2.20. The average molecular weight is 201 g/mol. The van der Waals surface area contributed by atoms with Crippen LogP contribution in [0.3, 0.4) is 0 Å². The zero-order valence-electron chi connectivity index (χ0n) is 7.31. The third-order valence-electron chi connectivity index (χ3n) is 1.79. The largest absolute Gasteiger partial charge is 0.300 e. The lowest BCUT2D eigenvalue weighted by Crippen LogP contribution is -1.97. The summed E-state index contributed by atoms with van der Waals surface area (Å²) in [6.45, 7) is 1.48. The molecule has 0 unspecified atom stereocenters. The van der Waals surface area contributed by atoms with Crippen molar-refractivity contribution < 1.29 is 9.18 Å². The Morgan fingerprint density at radius 3 is 2.77 bits per heavy atom. The molecule has 0 aromatic heterocycles. The molecule has 0 aliphatic carbocycles. The summed E-state index contributed by atoms with van der Waals surface area (Å²) in [6, 6.07) is 4.52. The molecule has 1 rings (SSSR count). The number of carbonyl (C=O) groups excluding carboxylic acids is 1. The van der Waals surface area contributed by atoms with Crippen molar-refractivity contribution >= 4 is 17.4 Å². The molecule has 0 saturated heterocycles. The first-order valence-corrected chi connectivity index (χ1v) is 4.41. The van der Waals surface area contributed by atoms with Crippen LogP contribution in [0.2, 0.25) is 5.02 Å². The topological polar surface area (TPSA) is 17.1 Å². The van der Waals surface area contributed by atoms with E-state index in [0.29, 0.717) is 23.4 Å². The van der Waals surface area contributed by atoms with Crippen LogP contribution in [-0.4, -0.2) is 5.78 Å². The standard InChI is InChI=1S/C10H10ClFO/c1-7(13)5-6-8-9(11)3-2-4-10(8)12/h2-4H,5-6H2,1H3. The maximum atomic E-state index is 13.1. The van der Waals surface area contributed by atoms with Gasteiger partial charge in [0.2, 0.25) is 0 Å². The third kappa shape index (κ3) is 2.81. The molecule has 0 saturated carbocycles. The van der Waals surface area contributed by atoms with Crippen LogP contribution in [0.1, 0.15) is 18.9 Å². The SMILES string of the molecule is CC(=O)CCc1c(F)cccc1Cl. The molecule has 1 aromatic rings. The van der Waals surface area contributed by atoms with E-state index in [2.05, 4.69) is 0 Å². The second-order valence-corrected chi connectivity index (χ2v) is 3.31. The molecule has 0 spiro atoms. The smallest absolute Gasteiger partial charge is 0.130 e. The summed E-state index contributed by atoms with van der Waals surface area (Å²) in [5.74, 6) is -0.298. The molecule has 1 aromatic carbocycles. The van der Waals surface area contributed by atoms with Crippen molar-refractivity contribution in [3.63, 3.8) is 0 Å². The summed E-state index contributed by atoms with van der Waals surface area (Å²) in [5, 5.41) is 0.390. The monoisotopic (exact) mass is 200 g/mol. The van der Waals surface area contributed by atoms with E-state index < -0.39 is 0 Å². The maximum Gasteiger partial charge on any atom is 0.130 e. The van der Waals surface area contributed by atoms with Gasteiger partial charge in [0.1, 0.15) is 11.6 Å². The number of carbonyl (C=O) groups is 1. The van der Waals surface area contributed by atoms with Gasteiger partial charge in [-0.3, -0.25) is 0 Å². The lowest BCUT2D eigenvalue weighted by Gasteiger charge is -2.03. The predicted molar refractivity (Wildman–Crippen MR) is 50.4 cm³/mol. The second kappa shape index (κ2) is 4.38. The Labute approximate surface area is 81.5 Å². The van der Waals surface area contributed by atoms with Gasteiger partial charge in [-0.15, -0.1) is 0 Å². The molecular weight excluding hydrogens is 191 g/mol. The van der Waals surface area contributed by atoms with Crippen molar-refractivity contribution in [2.75, 3.05) is 0 Å². The summed E-state index contributed by atoms with van der Waals surface area (Å²) in [7, 11) is 0. The van der Waals surface area contributed by atoms with E-state index >= 15 is 0 Å². The van der Waals surface area contributed by atoms with Gasteiger partial charge >= 0.3 is 0 Å². The number of halogens is 2. The Bertz CT molecular complexity index is 302. The first-order valence-electron chi connectivity index (χ1n) is 4.03. The van der Waals surface area contributed by atoms with Crippen LogP contribution in [0.4, 0.5) is 4.39 Å². The zero-order chi connectivity index (χ0) is 9.84. The van der Waals surface area contributed by atoms with Gasteiger partial charge in [-0.2, -0.15) is 0 Å². The van der Waals surface area contributed by atoms with E-state index in [1.165, 1.54) is 13.0 Å². The van der Waals surface area contributed by atoms with Crippen LogP contribution in [0.25, 0.3) is 0 Å². The van der Waals surface area contributed by atoms with Gasteiger partial charge < -0.3 is 4.79 Å². The molecule has 13 heavy (non-hydrogen) atoms. The fraction of sp³-hybridized carbons (Fsp3) is 0.300. The summed E-state index contributed by atoms with van der Waals surface area (Å²) in [5.41, 5.74) is 0.430. The van der Waals surface area contributed by atoms with Crippen LogP contribution < -0.4 is 0 Å². The molecular formula is C10H10ClFO. The van der Waals surface area contributed by atoms with Gasteiger partial charge in [0, 0.05) is 17.0 Å². The van der Waals surface area contributed by atoms with E-state index in [1.807, 2.05) is 0 Å². The van der Waals surface area contributed by atoms with Crippen molar-refractivity contribution in [2.45, 2.75) is 19.8 Å². The van der Waals surface area contributed by atoms with Crippen molar-refractivity contribution in [1.29, 1.82) is 0 Å². The second-order valence-electron chi connectivity index (χ2n) is 2.90. The molecule has 0 aliphatic rings. The summed E-state index contributed by atoms with van der Waals surface area (Å²) >= 11 is 5.76. The number of rotatable bonds is 3. The Morgan fingerprint density at radius 2 is 2.23 bits per heavy atom. The Balaban J connectivity index is 2.81. The molecule has 0 aliphatic heterocycles. The zero-order valence-corrected chi connectivity index (χ0v) is 8.07. The number of hydrogen-bond donors (Lipinski definition) is 0. The number of hydrogen-bond acceptors (Lipinski definition) is 1. The molecule has 0 N–H and O–H groups in total. The van der Waals surface area contributed by atoms with E-state index in [9.17, 15) is 9.18 Å². The lowest BCUT2D eigenvalue weighted by molar-refractivity contribution is -0.116. The molecule has 70 valence electrons. The molecule has 0 radical (unpaired) electrons. The maximum absolute atomic E-state index is 13.1. The van der Waals surface area contributed by atoms with E-state index in [0.717, 1.165) is 0 Å². The summed E-state index contributed by atoms with van der Waals surface area (Å²) < 4.78 is 13.1. The fourth-order valence-corrected chi connectivity index (χ4v) is 1.33. The summed E-state index contributed by atoms with van der Waals surface area (Å²) in [6.07, 6.45) is 0.710. The minimum absolute atomic E-state index is 0.0410. The minimum atomic E-state index is -0.339. The molecule has 0 heterocycles. The third-order valence-corrected chi connectivity index (χ3v) is 2.14. The highest BCUT2D eigenvalue weighted by atomic mass is 35.5.